The van der Waals surface area contributed by atoms with Crippen LogP contribution in [0.3, 0.4) is 0 Å². The van der Waals surface area contributed by atoms with E-state index in [9.17, 15) is 13.2 Å². The van der Waals surface area contributed by atoms with E-state index >= 15 is 0 Å². The minimum atomic E-state index is -3.88. The topological polar surface area (TPSA) is 140 Å². The molecule has 4 N–H and O–H groups in total. The molecule has 1 aliphatic heterocycles. The Morgan fingerprint density at radius 1 is 1.24 bits per heavy atom. The molecule has 198 valence electrons. The molecule has 10 nitrogen and oxygen atoms in total. The highest BCUT2D eigenvalue weighted by atomic mass is 32.2. The largest absolute Gasteiger partial charge is 0.489 e. The highest BCUT2D eigenvalue weighted by Gasteiger charge is 2.21. The van der Waals surface area contributed by atoms with Crippen molar-refractivity contribution in [2.24, 2.45) is 5.14 Å². The lowest BCUT2D eigenvalue weighted by atomic mass is 10.0. The standard InChI is InChI=1S/C25H32N6O4S2/c1-4-31-11-9-18(10-12-31)28-24(32)20-7-5-17(14-27-20)22-15-36-25(30-22)29-21-13-19(37(26,33)34)6-8-23(21)35-16(2)3/h5-8,13-16,18H,4,9-12H2,1-3H3,(H,28,32)(H,29,30)(H2,26,33,34). The molecule has 0 unspecified atom stereocenters. The van der Waals surface area contributed by atoms with Crippen molar-refractivity contribution in [2.75, 3.05) is 25.0 Å². The lowest BCUT2D eigenvalue weighted by Gasteiger charge is -2.31. The van der Waals surface area contributed by atoms with Gasteiger partial charge in [0.15, 0.2) is 5.13 Å². The van der Waals surface area contributed by atoms with E-state index in [-0.39, 0.29) is 22.9 Å². The first kappa shape index (κ1) is 27.0. The molecule has 0 radical (unpaired) electrons. The fourth-order valence-electron chi connectivity index (χ4n) is 4.05. The molecule has 0 spiro atoms. The van der Waals surface area contributed by atoms with Gasteiger partial charge in [0.05, 0.1) is 22.4 Å². The van der Waals surface area contributed by atoms with Crippen LogP contribution in [-0.4, -0.2) is 61.0 Å². The van der Waals surface area contributed by atoms with Gasteiger partial charge in [-0.25, -0.2) is 18.5 Å². The van der Waals surface area contributed by atoms with Gasteiger partial charge in [-0.3, -0.25) is 9.78 Å². The van der Waals surface area contributed by atoms with Crippen LogP contribution in [0.15, 0.2) is 46.8 Å². The van der Waals surface area contributed by atoms with Gasteiger partial charge in [0, 0.05) is 36.3 Å². The van der Waals surface area contributed by atoms with Crippen LogP contribution in [-0.2, 0) is 10.0 Å². The van der Waals surface area contributed by atoms with E-state index in [0.717, 1.165) is 38.0 Å². The number of thiazole rings is 1. The van der Waals surface area contributed by atoms with Crippen LogP contribution in [0.2, 0.25) is 0 Å². The number of piperidine rings is 1. The molecule has 12 heteroatoms. The van der Waals surface area contributed by atoms with Crippen molar-refractivity contribution in [3.05, 3.63) is 47.6 Å². The minimum absolute atomic E-state index is 0.0307. The summed E-state index contributed by atoms with van der Waals surface area (Å²) >= 11 is 1.35. The third kappa shape index (κ3) is 7.04. The summed E-state index contributed by atoms with van der Waals surface area (Å²) < 4.78 is 29.5. The highest BCUT2D eigenvalue weighted by Crippen LogP contribution is 2.33. The quantitative estimate of drug-likeness (QED) is 0.371. The van der Waals surface area contributed by atoms with Crippen molar-refractivity contribution in [1.82, 2.24) is 20.2 Å². The molecular weight excluding hydrogens is 512 g/mol. The van der Waals surface area contributed by atoms with Crippen molar-refractivity contribution < 1.29 is 17.9 Å². The number of carbonyl (C=O) groups is 1. The summed E-state index contributed by atoms with van der Waals surface area (Å²) in [6.45, 7) is 8.93. The number of ether oxygens (including phenoxy) is 1. The number of carbonyl (C=O) groups excluding carboxylic acids is 1. The average Bonchev–Trinajstić information content (AvgIpc) is 3.33. The number of rotatable bonds is 9. The number of benzene rings is 1. The van der Waals surface area contributed by atoms with Crippen molar-refractivity contribution >= 4 is 38.1 Å². The third-order valence-corrected chi connectivity index (χ3v) is 7.72. The predicted octanol–water partition coefficient (Wildman–Crippen LogP) is 3.60. The van der Waals surface area contributed by atoms with Gasteiger partial charge in [0.1, 0.15) is 11.4 Å². The van der Waals surface area contributed by atoms with Gasteiger partial charge < -0.3 is 20.3 Å². The molecule has 0 atom stereocenters. The molecule has 0 bridgehead atoms. The molecular formula is C25H32N6O4S2. The maximum atomic E-state index is 12.7. The summed E-state index contributed by atoms with van der Waals surface area (Å²) in [7, 11) is -3.88. The molecule has 1 aliphatic rings. The molecule has 1 saturated heterocycles. The molecule has 3 aromatic rings. The van der Waals surface area contributed by atoms with Gasteiger partial charge in [-0.05, 0) is 63.6 Å². The zero-order valence-corrected chi connectivity index (χ0v) is 22.7. The smallest absolute Gasteiger partial charge is 0.270 e. The Kier molecular flexibility index (Phi) is 8.42. The molecule has 2 aromatic heterocycles. The van der Waals surface area contributed by atoms with Gasteiger partial charge in [-0.1, -0.05) is 6.92 Å². The second-order valence-corrected chi connectivity index (χ2v) is 11.6. The summed E-state index contributed by atoms with van der Waals surface area (Å²) in [5, 5.41) is 13.9. The lowest BCUT2D eigenvalue weighted by Crippen LogP contribution is -2.44. The molecule has 1 aromatic carbocycles. The Balaban J connectivity index is 1.45. The van der Waals surface area contributed by atoms with E-state index in [1.807, 2.05) is 25.3 Å². The third-order valence-electron chi connectivity index (χ3n) is 6.05. The predicted molar refractivity (Wildman–Crippen MR) is 145 cm³/mol. The van der Waals surface area contributed by atoms with Crippen LogP contribution >= 0.6 is 11.3 Å². The summed E-state index contributed by atoms with van der Waals surface area (Å²) in [6.07, 6.45) is 3.40. The number of sulfonamides is 1. The molecule has 0 saturated carbocycles. The van der Waals surface area contributed by atoms with Crippen molar-refractivity contribution in [3.63, 3.8) is 0 Å². The molecule has 0 aliphatic carbocycles. The molecule has 1 fully saturated rings. The fraction of sp³-hybridized carbons (Fsp3) is 0.400. The zero-order valence-electron chi connectivity index (χ0n) is 21.1. The first-order valence-electron chi connectivity index (χ1n) is 12.2. The number of primary sulfonamides is 1. The van der Waals surface area contributed by atoms with E-state index in [4.69, 9.17) is 9.88 Å². The molecule has 1 amide bonds. The fourth-order valence-corrected chi connectivity index (χ4v) is 5.32. The van der Waals surface area contributed by atoms with E-state index < -0.39 is 10.0 Å². The van der Waals surface area contributed by atoms with E-state index in [2.05, 4.69) is 32.4 Å². The van der Waals surface area contributed by atoms with Crippen LogP contribution in [0.25, 0.3) is 11.3 Å². The SMILES string of the molecule is CCN1CCC(NC(=O)c2ccc(-c3csc(Nc4cc(S(N)(=O)=O)ccc4OC(C)C)n3)cn2)CC1. The van der Waals surface area contributed by atoms with Crippen LogP contribution in [0.5, 0.6) is 5.75 Å². The zero-order chi connectivity index (χ0) is 26.6. The monoisotopic (exact) mass is 544 g/mol. The number of amides is 1. The van der Waals surface area contributed by atoms with Crippen molar-refractivity contribution in [1.29, 1.82) is 0 Å². The number of nitrogens with one attached hydrogen (secondary N) is 2. The summed E-state index contributed by atoms with van der Waals surface area (Å²) in [5.74, 6) is 0.311. The number of nitrogens with two attached hydrogens (primary N) is 1. The first-order chi connectivity index (χ1) is 17.6. The number of nitrogens with zero attached hydrogens (tertiary/aromatic N) is 3. The molecule has 4 rings (SSSR count). The first-order valence-corrected chi connectivity index (χ1v) is 14.6. The minimum Gasteiger partial charge on any atom is -0.489 e. The van der Waals surface area contributed by atoms with Crippen LogP contribution in [0.1, 0.15) is 44.1 Å². The Labute approximate surface area is 221 Å². The number of hydrogen-bond donors (Lipinski definition) is 3. The van der Waals surface area contributed by atoms with Crippen molar-refractivity contribution in [3.8, 4) is 17.0 Å². The van der Waals surface area contributed by atoms with Gasteiger partial charge in [0.25, 0.3) is 5.91 Å². The van der Waals surface area contributed by atoms with E-state index in [1.54, 1.807) is 18.3 Å². The number of likely N-dealkylation sites (tertiary alicyclic amines) is 1. The summed E-state index contributed by atoms with van der Waals surface area (Å²) in [6, 6.07) is 8.08. The van der Waals surface area contributed by atoms with Crippen molar-refractivity contribution in [2.45, 2.75) is 50.7 Å². The second-order valence-electron chi connectivity index (χ2n) is 9.15. The number of hydrogen-bond acceptors (Lipinski definition) is 9. The summed E-state index contributed by atoms with van der Waals surface area (Å²) in [4.78, 5) is 23.9. The number of aromatic nitrogens is 2. The highest BCUT2D eigenvalue weighted by molar-refractivity contribution is 7.89. The van der Waals surface area contributed by atoms with Crippen LogP contribution < -0.4 is 20.5 Å². The Bertz CT molecular complexity index is 1330. The Morgan fingerprint density at radius 3 is 2.62 bits per heavy atom. The Morgan fingerprint density at radius 2 is 2.00 bits per heavy atom. The van der Waals surface area contributed by atoms with E-state index in [0.29, 0.717) is 28.0 Å². The van der Waals surface area contributed by atoms with Gasteiger partial charge >= 0.3 is 0 Å². The second kappa shape index (κ2) is 11.5. The lowest BCUT2D eigenvalue weighted by molar-refractivity contribution is 0.0907. The average molecular weight is 545 g/mol. The van der Waals surface area contributed by atoms with Crippen LogP contribution in [0, 0.1) is 0 Å². The van der Waals surface area contributed by atoms with E-state index in [1.165, 1.54) is 23.5 Å². The maximum absolute atomic E-state index is 12.7. The maximum Gasteiger partial charge on any atom is 0.270 e. The number of pyridine rings is 1. The van der Waals surface area contributed by atoms with Gasteiger partial charge in [-0.2, -0.15) is 0 Å². The molecule has 37 heavy (non-hydrogen) atoms. The summed E-state index contributed by atoms with van der Waals surface area (Å²) in [5.41, 5.74) is 2.24. The molecule has 3 heterocycles. The van der Waals surface area contributed by atoms with Crippen LogP contribution in [0.4, 0.5) is 10.8 Å². The van der Waals surface area contributed by atoms with Gasteiger partial charge in [-0.15, -0.1) is 11.3 Å². The van der Waals surface area contributed by atoms with Gasteiger partial charge in [0.2, 0.25) is 10.0 Å². The number of anilines is 2. The Hall–Kier alpha value is -3.06. The normalized spacial score (nSPS) is 15.1.